The van der Waals surface area contributed by atoms with Gasteiger partial charge in [0.1, 0.15) is 5.82 Å². The average Bonchev–Trinajstić information content (AvgIpc) is 2.68. The first-order valence-electron chi connectivity index (χ1n) is 9.42. The highest BCUT2D eigenvalue weighted by atomic mass is 16.3. The Balaban J connectivity index is 2.30. The molecule has 0 saturated heterocycles. The van der Waals surface area contributed by atoms with Gasteiger partial charge < -0.3 is 10.4 Å². The van der Waals surface area contributed by atoms with Crippen LogP contribution in [0.2, 0.25) is 0 Å². The molecule has 0 aliphatic heterocycles. The molecule has 0 fully saturated rings. The number of anilines is 1. The molecule has 6 heteroatoms. The number of aromatic nitrogens is 2. The molecule has 0 bridgehead atoms. The zero-order chi connectivity index (χ0) is 20.7. The van der Waals surface area contributed by atoms with Gasteiger partial charge in [-0.25, -0.2) is 9.78 Å². The van der Waals surface area contributed by atoms with E-state index >= 15 is 0 Å². The Morgan fingerprint density at radius 3 is 2.57 bits per heavy atom. The molecule has 28 heavy (non-hydrogen) atoms. The van der Waals surface area contributed by atoms with Gasteiger partial charge in [0.25, 0.3) is 0 Å². The first-order valence-corrected chi connectivity index (χ1v) is 9.42. The second kappa shape index (κ2) is 9.80. The summed E-state index contributed by atoms with van der Waals surface area (Å²) in [4.78, 5) is 20.5. The van der Waals surface area contributed by atoms with Crippen molar-refractivity contribution < 1.29 is 9.90 Å². The number of aliphatic hydroxyl groups excluding tert-OH is 1. The second-order valence-electron chi connectivity index (χ2n) is 6.50. The van der Waals surface area contributed by atoms with Crippen LogP contribution in [0.3, 0.4) is 0 Å². The number of pyridine rings is 2. The molecule has 1 atom stereocenters. The Labute approximate surface area is 166 Å². The molecule has 2 aromatic heterocycles. The van der Waals surface area contributed by atoms with Crippen LogP contribution in [0.15, 0.2) is 54.4 Å². The fourth-order valence-corrected chi connectivity index (χ4v) is 2.87. The van der Waals surface area contributed by atoms with E-state index < -0.39 is 6.10 Å². The van der Waals surface area contributed by atoms with Crippen LogP contribution < -0.4 is 10.6 Å². The van der Waals surface area contributed by atoms with Gasteiger partial charge >= 0.3 is 6.03 Å². The Bertz CT molecular complexity index is 931. The number of amides is 2. The number of rotatable bonds is 7. The second-order valence-corrected chi connectivity index (χ2v) is 6.50. The van der Waals surface area contributed by atoms with Gasteiger partial charge in [0.2, 0.25) is 0 Å². The molecule has 3 N–H and O–H groups in total. The number of hydrogen-bond donors (Lipinski definition) is 3. The number of allylic oxidation sites excluding steroid dienone is 3. The van der Waals surface area contributed by atoms with Crippen LogP contribution in [0.1, 0.15) is 39.8 Å². The maximum atomic E-state index is 11.6. The number of nitrogens with one attached hydrogen (secondary N) is 2. The van der Waals surface area contributed by atoms with Crippen molar-refractivity contribution in [3.8, 4) is 0 Å². The van der Waals surface area contributed by atoms with Gasteiger partial charge in [-0.1, -0.05) is 25.7 Å². The summed E-state index contributed by atoms with van der Waals surface area (Å²) in [5.74, 6) is 0.472. The van der Waals surface area contributed by atoms with Crippen molar-refractivity contribution in [2.45, 2.75) is 40.2 Å². The fourth-order valence-electron chi connectivity index (χ4n) is 2.87. The van der Waals surface area contributed by atoms with Gasteiger partial charge in [0, 0.05) is 29.7 Å². The molecule has 0 saturated carbocycles. The van der Waals surface area contributed by atoms with Gasteiger partial charge in [-0.05, 0) is 56.0 Å². The minimum atomic E-state index is -0.544. The molecule has 0 aliphatic rings. The Morgan fingerprint density at radius 2 is 1.93 bits per heavy atom. The van der Waals surface area contributed by atoms with Crippen LogP contribution in [-0.2, 0) is 0 Å². The van der Waals surface area contributed by atoms with E-state index in [9.17, 15) is 9.90 Å². The topological polar surface area (TPSA) is 87.1 Å². The maximum Gasteiger partial charge on any atom is 0.320 e. The van der Waals surface area contributed by atoms with Crippen LogP contribution in [-0.4, -0.2) is 33.8 Å². The zero-order valence-electron chi connectivity index (χ0n) is 16.9. The third-order valence-electron chi connectivity index (χ3n) is 4.39. The highest BCUT2D eigenvalue weighted by molar-refractivity contribution is 5.92. The van der Waals surface area contributed by atoms with Crippen molar-refractivity contribution in [1.82, 2.24) is 15.3 Å². The highest BCUT2D eigenvalue weighted by Crippen LogP contribution is 2.26. The molecule has 0 radical (unpaired) electrons. The Kier molecular flexibility index (Phi) is 7.46. The van der Waals surface area contributed by atoms with Gasteiger partial charge in [-0.15, -0.1) is 0 Å². The molecule has 148 valence electrons. The number of carbonyl (C=O) groups excluding carboxylic acids is 1. The molecular formula is C22H28N4O2. The minimum Gasteiger partial charge on any atom is -0.388 e. The molecule has 0 spiro atoms. The standard InChI is InChI=1S/C22H28N4O2/c1-6-18(14(4)9-15(5)20(27)7-2)19-10-16-13-25-21(11-17(16)12-24-19)26-22(28)23-8-3/h6,9-13,20,27H,5,7-8H2,1-4H3,(H2,23,25,26,28)/b14-9-,18-6+. The summed E-state index contributed by atoms with van der Waals surface area (Å²) in [6.45, 7) is 12.2. The number of nitrogens with zero attached hydrogens (tertiary/aromatic N) is 2. The molecule has 2 heterocycles. The number of aliphatic hydroxyl groups is 1. The Hall–Kier alpha value is -2.99. The van der Waals surface area contributed by atoms with Crippen molar-refractivity contribution in [1.29, 1.82) is 0 Å². The summed E-state index contributed by atoms with van der Waals surface area (Å²) in [5.41, 5.74) is 3.45. The van der Waals surface area contributed by atoms with E-state index in [1.54, 1.807) is 18.5 Å². The van der Waals surface area contributed by atoms with Crippen molar-refractivity contribution in [3.63, 3.8) is 0 Å². The SMILES string of the molecule is C=C(/C=C(C)\C(=C/C)c1cc2cnc(NC(=O)NCC)cc2cn1)C(O)CC. The van der Waals surface area contributed by atoms with Crippen LogP contribution >= 0.6 is 0 Å². The van der Waals surface area contributed by atoms with Gasteiger partial charge in [0.15, 0.2) is 0 Å². The van der Waals surface area contributed by atoms with Crippen molar-refractivity contribution in [2.75, 3.05) is 11.9 Å². The number of urea groups is 1. The van der Waals surface area contributed by atoms with E-state index in [4.69, 9.17) is 0 Å². The predicted molar refractivity (Wildman–Crippen MR) is 115 cm³/mol. The van der Waals surface area contributed by atoms with Gasteiger partial charge in [-0.2, -0.15) is 0 Å². The third kappa shape index (κ3) is 5.27. The number of hydrogen-bond acceptors (Lipinski definition) is 4. The molecule has 2 aromatic rings. The summed E-state index contributed by atoms with van der Waals surface area (Å²) < 4.78 is 0. The lowest BCUT2D eigenvalue weighted by Gasteiger charge is -2.12. The van der Waals surface area contributed by atoms with Crippen molar-refractivity contribution in [3.05, 3.63) is 60.1 Å². The average molecular weight is 380 g/mol. The van der Waals surface area contributed by atoms with Crippen molar-refractivity contribution >= 4 is 28.2 Å². The van der Waals surface area contributed by atoms with E-state index in [1.165, 1.54) is 0 Å². The van der Waals surface area contributed by atoms with E-state index in [1.807, 2.05) is 45.9 Å². The van der Waals surface area contributed by atoms with Crippen molar-refractivity contribution in [2.24, 2.45) is 0 Å². The highest BCUT2D eigenvalue weighted by Gasteiger charge is 2.10. The lowest BCUT2D eigenvalue weighted by molar-refractivity contribution is 0.211. The molecule has 1 unspecified atom stereocenters. The molecule has 0 aliphatic carbocycles. The summed E-state index contributed by atoms with van der Waals surface area (Å²) >= 11 is 0. The minimum absolute atomic E-state index is 0.287. The van der Waals surface area contributed by atoms with Crippen LogP contribution in [0.25, 0.3) is 16.3 Å². The lowest BCUT2D eigenvalue weighted by atomic mass is 9.98. The van der Waals surface area contributed by atoms with E-state index in [0.29, 0.717) is 24.4 Å². The largest absolute Gasteiger partial charge is 0.388 e. The molecule has 2 amide bonds. The summed E-state index contributed by atoms with van der Waals surface area (Å²) in [6.07, 6.45) is 7.45. The monoisotopic (exact) mass is 380 g/mol. The van der Waals surface area contributed by atoms with Gasteiger partial charge in [-0.3, -0.25) is 10.3 Å². The molecule has 0 aromatic carbocycles. The predicted octanol–water partition coefficient (Wildman–Crippen LogP) is 4.45. The summed E-state index contributed by atoms with van der Waals surface area (Å²) in [5, 5.41) is 17.1. The first-order chi connectivity index (χ1) is 13.4. The zero-order valence-corrected chi connectivity index (χ0v) is 16.9. The molecule has 2 rings (SSSR count). The smallest absolute Gasteiger partial charge is 0.320 e. The summed E-state index contributed by atoms with van der Waals surface area (Å²) in [7, 11) is 0. The number of fused-ring (bicyclic) bond motifs is 1. The van der Waals surface area contributed by atoms with Gasteiger partial charge in [0.05, 0.1) is 11.8 Å². The van der Waals surface area contributed by atoms with Crippen LogP contribution in [0, 0.1) is 0 Å². The number of carbonyl (C=O) groups is 1. The third-order valence-corrected chi connectivity index (χ3v) is 4.39. The molecular weight excluding hydrogens is 352 g/mol. The van der Waals surface area contributed by atoms with E-state index in [-0.39, 0.29) is 6.03 Å². The van der Waals surface area contributed by atoms with Crippen LogP contribution in [0.4, 0.5) is 10.6 Å². The Morgan fingerprint density at radius 1 is 1.25 bits per heavy atom. The maximum absolute atomic E-state index is 11.6. The van der Waals surface area contributed by atoms with Crippen LogP contribution in [0.5, 0.6) is 0 Å². The first kappa shape index (κ1) is 21.3. The van der Waals surface area contributed by atoms with E-state index in [0.717, 1.165) is 27.6 Å². The quantitative estimate of drug-likeness (QED) is 0.620. The fraction of sp³-hybridized carbons (Fsp3) is 0.318. The normalized spacial score (nSPS) is 13.3. The molecule has 6 nitrogen and oxygen atoms in total. The summed E-state index contributed by atoms with van der Waals surface area (Å²) in [6, 6.07) is 3.47. The van der Waals surface area contributed by atoms with E-state index in [2.05, 4.69) is 27.2 Å². The lowest BCUT2D eigenvalue weighted by Crippen LogP contribution is -2.28.